The van der Waals surface area contributed by atoms with E-state index in [-0.39, 0.29) is 40.4 Å². The van der Waals surface area contributed by atoms with Crippen LogP contribution in [-0.2, 0) is 25.9 Å². The fourth-order valence-corrected chi connectivity index (χ4v) is 2.69. The second kappa shape index (κ2) is 11.5. The molecule has 0 aliphatic carbocycles. The van der Waals surface area contributed by atoms with Crippen molar-refractivity contribution in [1.29, 1.82) is 0 Å². The summed E-state index contributed by atoms with van der Waals surface area (Å²) in [4.78, 5) is 26.8. The first-order valence-electron chi connectivity index (χ1n) is 9.18. The number of likely N-dealkylation sites (N-methyl/N-ethyl adjacent to an activating group) is 1. The normalized spacial score (nSPS) is 12.4. The molecule has 2 rings (SSSR count). The van der Waals surface area contributed by atoms with E-state index in [1.54, 1.807) is 0 Å². The standard InChI is InChI=1S/C21H21F3N4O4/c1-12(19(27-30-3)15-9-8-14(22)10-17(15)24)26-32-11-13-6-5-7-16(23)18(13)20(28-31-4)21(29)25-2/h5-10H,11H2,1-4H3,(H,25,29). The summed E-state index contributed by atoms with van der Waals surface area (Å²) >= 11 is 0. The zero-order chi connectivity index (χ0) is 23.7. The summed E-state index contributed by atoms with van der Waals surface area (Å²) in [6.45, 7) is 1.20. The van der Waals surface area contributed by atoms with Gasteiger partial charge in [-0.3, -0.25) is 4.79 Å². The zero-order valence-corrected chi connectivity index (χ0v) is 17.8. The molecular weight excluding hydrogens is 429 g/mol. The molecule has 0 saturated carbocycles. The van der Waals surface area contributed by atoms with E-state index in [1.165, 1.54) is 46.4 Å². The maximum atomic E-state index is 14.5. The molecule has 0 radical (unpaired) electrons. The van der Waals surface area contributed by atoms with Gasteiger partial charge in [0.2, 0.25) is 0 Å². The Morgan fingerprint density at radius 3 is 2.28 bits per heavy atom. The third-order valence-corrected chi connectivity index (χ3v) is 4.09. The molecule has 0 aliphatic rings. The first-order valence-corrected chi connectivity index (χ1v) is 9.18. The number of halogens is 3. The van der Waals surface area contributed by atoms with Crippen LogP contribution in [0.5, 0.6) is 0 Å². The molecule has 2 aromatic rings. The molecule has 32 heavy (non-hydrogen) atoms. The van der Waals surface area contributed by atoms with Crippen molar-refractivity contribution in [2.75, 3.05) is 21.3 Å². The third-order valence-electron chi connectivity index (χ3n) is 4.09. The van der Waals surface area contributed by atoms with Gasteiger partial charge in [-0.15, -0.1) is 0 Å². The lowest BCUT2D eigenvalue weighted by Gasteiger charge is -2.12. The highest BCUT2D eigenvalue weighted by atomic mass is 19.1. The molecule has 0 aliphatic heterocycles. The maximum absolute atomic E-state index is 14.5. The molecule has 0 spiro atoms. The highest BCUT2D eigenvalue weighted by Gasteiger charge is 2.22. The van der Waals surface area contributed by atoms with Crippen molar-refractivity contribution in [2.24, 2.45) is 15.5 Å². The first kappa shape index (κ1) is 24.4. The number of oxime groups is 3. The van der Waals surface area contributed by atoms with Crippen molar-refractivity contribution in [3.05, 3.63) is 70.5 Å². The van der Waals surface area contributed by atoms with Crippen LogP contribution >= 0.6 is 0 Å². The molecule has 0 unspecified atom stereocenters. The van der Waals surface area contributed by atoms with Gasteiger partial charge < -0.3 is 19.8 Å². The Morgan fingerprint density at radius 2 is 1.66 bits per heavy atom. The van der Waals surface area contributed by atoms with Gasteiger partial charge in [-0.25, -0.2) is 13.2 Å². The van der Waals surface area contributed by atoms with Crippen LogP contribution in [0, 0.1) is 17.5 Å². The SMILES string of the molecule is CNC(=O)C(=NOC)c1c(F)cccc1CON=C(C)C(=NOC)c1ccc(F)cc1F. The van der Waals surface area contributed by atoms with Crippen LogP contribution in [0.15, 0.2) is 51.9 Å². The molecule has 0 bridgehead atoms. The van der Waals surface area contributed by atoms with Gasteiger partial charge in [0.05, 0.1) is 5.56 Å². The van der Waals surface area contributed by atoms with Gasteiger partial charge in [-0.05, 0) is 25.1 Å². The van der Waals surface area contributed by atoms with E-state index in [1.807, 2.05) is 0 Å². The van der Waals surface area contributed by atoms with Crippen LogP contribution in [0.3, 0.4) is 0 Å². The monoisotopic (exact) mass is 450 g/mol. The average molecular weight is 450 g/mol. The van der Waals surface area contributed by atoms with Crippen molar-refractivity contribution in [1.82, 2.24) is 5.32 Å². The Kier molecular flexibility index (Phi) is 8.75. The minimum atomic E-state index is -0.867. The van der Waals surface area contributed by atoms with Gasteiger partial charge in [0.15, 0.2) is 5.71 Å². The van der Waals surface area contributed by atoms with E-state index >= 15 is 0 Å². The van der Waals surface area contributed by atoms with Crippen LogP contribution < -0.4 is 5.32 Å². The zero-order valence-electron chi connectivity index (χ0n) is 17.8. The molecule has 170 valence electrons. The second-order valence-corrected chi connectivity index (χ2v) is 6.17. The fourth-order valence-electron chi connectivity index (χ4n) is 2.69. The first-order chi connectivity index (χ1) is 15.3. The van der Waals surface area contributed by atoms with Crippen molar-refractivity contribution < 1.29 is 32.5 Å². The van der Waals surface area contributed by atoms with Crippen molar-refractivity contribution in [3.8, 4) is 0 Å². The van der Waals surface area contributed by atoms with Gasteiger partial charge in [-0.1, -0.05) is 27.6 Å². The number of nitrogens with zero attached hydrogens (tertiary/aromatic N) is 3. The number of rotatable bonds is 9. The molecule has 1 N–H and O–H groups in total. The molecular formula is C21H21F3N4O4. The topological polar surface area (TPSA) is 93.9 Å². The summed E-state index contributed by atoms with van der Waals surface area (Å²) in [6, 6.07) is 7.04. The van der Waals surface area contributed by atoms with E-state index in [0.717, 1.165) is 12.1 Å². The third kappa shape index (κ3) is 5.84. The summed E-state index contributed by atoms with van der Waals surface area (Å²) in [5.74, 6) is -3.01. The van der Waals surface area contributed by atoms with Crippen LogP contribution in [0.25, 0.3) is 0 Å². The maximum Gasteiger partial charge on any atom is 0.273 e. The molecule has 2 aromatic carbocycles. The van der Waals surface area contributed by atoms with Gasteiger partial charge in [0, 0.05) is 24.2 Å². The molecule has 0 atom stereocenters. The van der Waals surface area contributed by atoms with Crippen LogP contribution in [-0.4, -0.2) is 44.3 Å². The number of amides is 1. The lowest BCUT2D eigenvalue weighted by Crippen LogP contribution is -2.30. The molecule has 0 aromatic heterocycles. The van der Waals surface area contributed by atoms with Gasteiger partial charge >= 0.3 is 0 Å². The van der Waals surface area contributed by atoms with E-state index in [4.69, 9.17) is 9.68 Å². The molecule has 8 nitrogen and oxygen atoms in total. The molecule has 0 heterocycles. The molecule has 0 saturated heterocycles. The Hall–Kier alpha value is -3.89. The van der Waals surface area contributed by atoms with Crippen LogP contribution in [0.1, 0.15) is 23.6 Å². The lowest BCUT2D eigenvalue weighted by molar-refractivity contribution is -0.114. The van der Waals surface area contributed by atoms with Crippen molar-refractivity contribution in [2.45, 2.75) is 13.5 Å². The van der Waals surface area contributed by atoms with E-state index in [9.17, 15) is 18.0 Å². The number of nitrogens with one attached hydrogen (secondary N) is 1. The van der Waals surface area contributed by atoms with E-state index in [0.29, 0.717) is 6.07 Å². The highest BCUT2D eigenvalue weighted by Crippen LogP contribution is 2.18. The van der Waals surface area contributed by atoms with Crippen molar-refractivity contribution in [3.63, 3.8) is 0 Å². The number of hydrogen-bond acceptors (Lipinski definition) is 7. The van der Waals surface area contributed by atoms with Gasteiger partial charge in [0.25, 0.3) is 5.91 Å². The number of carbonyl (C=O) groups excluding carboxylic acids is 1. The smallest absolute Gasteiger partial charge is 0.273 e. The molecule has 1 amide bonds. The summed E-state index contributed by atoms with van der Waals surface area (Å²) in [7, 11) is 3.84. The summed E-state index contributed by atoms with van der Waals surface area (Å²) in [5.41, 5.74) is -0.152. The number of hydrogen-bond donors (Lipinski definition) is 1. The highest BCUT2D eigenvalue weighted by molar-refractivity contribution is 6.47. The predicted octanol–water partition coefficient (Wildman–Crippen LogP) is 3.14. The number of benzene rings is 2. The van der Waals surface area contributed by atoms with Crippen molar-refractivity contribution >= 4 is 23.0 Å². The Labute approximate surface area is 182 Å². The second-order valence-electron chi connectivity index (χ2n) is 6.17. The van der Waals surface area contributed by atoms with E-state index < -0.39 is 23.4 Å². The summed E-state index contributed by atoms with van der Waals surface area (Å²) in [6.07, 6.45) is 0. The lowest BCUT2D eigenvalue weighted by atomic mass is 10.0. The molecule has 0 fully saturated rings. The van der Waals surface area contributed by atoms with Gasteiger partial charge in [0.1, 0.15) is 49.7 Å². The Balaban J connectivity index is 2.34. The minimum Gasteiger partial charge on any atom is -0.399 e. The average Bonchev–Trinajstić information content (AvgIpc) is 2.76. The molecule has 11 heteroatoms. The van der Waals surface area contributed by atoms with Crippen LogP contribution in [0.4, 0.5) is 13.2 Å². The summed E-state index contributed by atoms with van der Waals surface area (Å²) in [5, 5.41) is 13.6. The predicted molar refractivity (Wildman–Crippen MR) is 112 cm³/mol. The van der Waals surface area contributed by atoms with E-state index in [2.05, 4.69) is 25.6 Å². The minimum absolute atomic E-state index is 0.0311. The summed E-state index contributed by atoms with van der Waals surface area (Å²) < 4.78 is 41.9. The Morgan fingerprint density at radius 1 is 0.969 bits per heavy atom. The fraction of sp³-hybridized carbons (Fsp3) is 0.238. The van der Waals surface area contributed by atoms with Gasteiger partial charge in [-0.2, -0.15) is 0 Å². The quantitative estimate of drug-likeness (QED) is 0.469. The number of carbonyl (C=O) groups is 1. The Bertz CT molecular complexity index is 1070. The largest absolute Gasteiger partial charge is 0.399 e. The van der Waals surface area contributed by atoms with Crippen LogP contribution in [0.2, 0.25) is 0 Å².